The summed E-state index contributed by atoms with van der Waals surface area (Å²) in [5.74, 6) is 0.0421. The van der Waals surface area contributed by atoms with Gasteiger partial charge >= 0.3 is 0 Å². The highest BCUT2D eigenvalue weighted by atomic mass is 16.1. The van der Waals surface area contributed by atoms with E-state index in [1.54, 1.807) is 0 Å². The molecular formula is C21H29NO. The molecule has 124 valence electrons. The molecule has 2 rings (SSSR count). The molecule has 0 N–H and O–H groups in total. The average Bonchev–Trinajstić information content (AvgIpc) is 2.64. The van der Waals surface area contributed by atoms with Crippen molar-refractivity contribution in [2.75, 3.05) is 14.1 Å². The van der Waals surface area contributed by atoms with E-state index in [0.29, 0.717) is 11.1 Å². The molecule has 0 aliphatic rings. The first-order chi connectivity index (χ1) is 11.2. The molecule has 23 heavy (non-hydrogen) atoms. The molecule has 0 aliphatic carbocycles. The third-order valence-electron chi connectivity index (χ3n) is 2.75. The Kier molecular flexibility index (Phi) is 11.0. The molecule has 2 aromatic rings. The Morgan fingerprint density at radius 1 is 0.739 bits per heavy atom. The van der Waals surface area contributed by atoms with Crippen molar-refractivity contribution >= 4 is 11.4 Å². The van der Waals surface area contributed by atoms with Crippen LogP contribution in [0.2, 0.25) is 0 Å². The maximum atomic E-state index is 12.6. The molecule has 0 heterocycles. The molecule has 0 fully saturated rings. The summed E-state index contributed by atoms with van der Waals surface area (Å²) in [6.45, 7) is 8.00. The fourth-order valence-electron chi connectivity index (χ4n) is 1.89. The number of allylic oxidation sites excluding steroid dienone is 1. The molecule has 0 aromatic heterocycles. The summed E-state index contributed by atoms with van der Waals surface area (Å²) in [6, 6.07) is 19.1. The molecular weight excluding hydrogens is 282 g/mol. The summed E-state index contributed by atoms with van der Waals surface area (Å²) in [6.07, 6.45) is 1.87. The Bertz CT molecular complexity index is 571. The molecule has 0 aliphatic heterocycles. The molecule has 0 radical (unpaired) electrons. The van der Waals surface area contributed by atoms with E-state index in [1.165, 1.54) is 0 Å². The van der Waals surface area contributed by atoms with Gasteiger partial charge in [-0.3, -0.25) is 4.79 Å². The van der Waals surface area contributed by atoms with Crippen molar-refractivity contribution in [2.45, 2.75) is 27.7 Å². The Morgan fingerprint density at radius 2 is 1.13 bits per heavy atom. The van der Waals surface area contributed by atoms with E-state index in [2.05, 4.69) is 0 Å². The number of benzene rings is 2. The maximum Gasteiger partial charge on any atom is 0.195 e. The van der Waals surface area contributed by atoms with E-state index >= 15 is 0 Å². The molecule has 0 unspecified atom stereocenters. The van der Waals surface area contributed by atoms with Gasteiger partial charge in [0.15, 0.2) is 5.78 Å². The van der Waals surface area contributed by atoms with Crippen molar-refractivity contribution in [3.05, 3.63) is 78.0 Å². The third kappa shape index (κ3) is 6.96. The van der Waals surface area contributed by atoms with Gasteiger partial charge in [-0.2, -0.15) is 0 Å². The van der Waals surface area contributed by atoms with E-state index in [4.69, 9.17) is 0 Å². The minimum absolute atomic E-state index is 0.0421. The second-order valence-corrected chi connectivity index (χ2v) is 4.57. The zero-order valence-corrected chi connectivity index (χ0v) is 15.2. The van der Waals surface area contributed by atoms with Crippen molar-refractivity contribution in [1.82, 2.24) is 4.90 Å². The highest BCUT2D eigenvalue weighted by molar-refractivity contribution is 6.28. The predicted octanol–water partition coefficient (Wildman–Crippen LogP) is 5.52. The molecule has 2 heteroatoms. The summed E-state index contributed by atoms with van der Waals surface area (Å²) in [4.78, 5) is 14.5. The average molecular weight is 311 g/mol. The number of Topliss-reactive ketones (excluding diaryl/α,β-unsaturated/α-hetero) is 1. The van der Waals surface area contributed by atoms with Crippen molar-refractivity contribution < 1.29 is 4.79 Å². The number of nitrogens with zero attached hydrogens (tertiary/aromatic N) is 1. The first-order valence-electron chi connectivity index (χ1n) is 8.22. The van der Waals surface area contributed by atoms with Gasteiger partial charge in [0.25, 0.3) is 0 Å². The van der Waals surface area contributed by atoms with Crippen LogP contribution in [0.3, 0.4) is 0 Å². The van der Waals surface area contributed by atoms with E-state index in [0.717, 1.165) is 5.56 Å². The molecule has 0 saturated heterocycles. The van der Waals surface area contributed by atoms with Crippen LogP contribution in [0.25, 0.3) is 5.57 Å². The quantitative estimate of drug-likeness (QED) is 0.547. The molecule has 2 nitrogen and oxygen atoms in total. The van der Waals surface area contributed by atoms with Crippen LogP contribution in [0, 0.1) is 0 Å². The van der Waals surface area contributed by atoms with Gasteiger partial charge in [0.1, 0.15) is 0 Å². The summed E-state index contributed by atoms with van der Waals surface area (Å²) >= 11 is 0. The zero-order valence-electron chi connectivity index (χ0n) is 15.2. The minimum atomic E-state index is 0.0421. The van der Waals surface area contributed by atoms with Gasteiger partial charge in [0, 0.05) is 31.4 Å². The summed E-state index contributed by atoms with van der Waals surface area (Å²) < 4.78 is 0. The molecule has 0 atom stereocenters. The largest absolute Gasteiger partial charge is 0.383 e. The highest BCUT2D eigenvalue weighted by Gasteiger charge is 2.14. The topological polar surface area (TPSA) is 20.3 Å². The predicted molar refractivity (Wildman–Crippen MR) is 102 cm³/mol. The van der Waals surface area contributed by atoms with Gasteiger partial charge in [0.2, 0.25) is 0 Å². The van der Waals surface area contributed by atoms with Crippen molar-refractivity contribution in [3.8, 4) is 0 Å². The lowest BCUT2D eigenvalue weighted by Gasteiger charge is -2.11. The van der Waals surface area contributed by atoms with Crippen molar-refractivity contribution in [2.24, 2.45) is 0 Å². The van der Waals surface area contributed by atoms with Crippen LogP contribution >= 0.6 is 0 Å². The van der Waals surface area contributed by atoms with Crippen molar-refractivity contribution in [3.63, 3.8) is 0 Å². The second-order valence-electron chi connectivity index (χ2n) is 4.57. The summed E-state index contributed by atoms with van der Waals surface area (Å²) in [7, 11) is 3.84. The smallest absolute Gasteiger partial charge is 0.195 e. The monoisotopic (exact) mass is 311 g/mol. The number of carbonyl (C=O) groups is 1. The Hall–Kier alpha value is -2.35. The Labute approximate surface area is 141 Å². The second kappa shape index (κ2) is 12.2. The van der Waals surface area contributed by atoms with Crippen LogP contribution in [-0.2, 0) is 0 Å². The van der Waals surface area contributed by atoms with Crippen LogP contribution in [0.5, 0.6) is 0 Å². The molecule has 0 amide bonds. The normalized spacial score (nSPS) is 9.74. The Balaban J connectivity index is 0.00000112. The fraction of sp³-hybridized carbons (Fsp3) is 0.286. The number of ketones is 1. The first-order valence-corrected chi connectivity index (χ1v) is 8.22. The van der Waals surface area contributed by atoms with Crippen LogP contribution in [0.4, 0.5) is 0 Å². The van der Waals surface area contributed by atoms with E-state index in [9.17, 15) is 4.79 Å². The van der Waals surface area contributed by atoms with E-state index < -0.39 is 0 Å². The van der Waals surface area contributed by atoms with Gasteiger partial charge in [-0.15, -0.1) is 0 Å². The highest BCUT2D eigenvalue weighted by Crippen LogP contribution is 2.20. The maximum absolute atomic E-state index is 12.6. The van der Waals surface area contributed by atoms with Crippen LogP contribution in [-0.4, -0.2) is 24.8 Å². The van der Waals surface area contributed by atoms with Gasteiger partial charge in [-0.05, 0) is 5.56 Å². The van der Waals surface area contributed by atoms with Crippen molar-refractivity contribution in [1.29, 1.82) is 0 Å². The molecule has 2 aromatic carbocycles. The van der Waals surface area contributed by atoms with Gasteiger partial charge in [-0.25, -0.2) is 0 Å². The first kappa shape index (κ1) is 20.7. The lowest BCUT2D eigenvalue weighted by atomic mass is 9.97. The van der Waals surface area contributed by atoms with Gasteiger partial charge < -0.3 is 4.90 Å². The summed E-state index contributed by atoms with van der Waals surface area (Å²) in [5.41, 5.74) is 2.35. The lowest BCUT2D eigenvalue weighted by Crippen LogP contribution is -2.09. The van der Waals surface area contributed by atoms with Gasteiger partial charge in [-0.1, -0.05) is 88.4 Å². The molecule has 0 saturated carbocycles. The van der Waals surface area contributed by atoms with E-state index in [1.807, 2.05) is 114 Å². The SMILES string of the molecule is CC.CC.CN(C)C=C(C(=O)c1ccccc1)c1ccccc1. The summed E-state index contributed by atoms with van der Waals surface area (Å²) in [5, 5.41) is 0. The molecule has 0 bridgehead atoms. The zero-order chi connectivity index (χ0) is 17.7. The van der Waals surface area contributed by atoms with Crippen LogP contribution in [0.1, 0.15) is 43.6 Å². The van der Waals surface area contributed by atoms with E-state index in [-0.39, 0.29) is 5.78 Å². The number of hydrogen-bond donors (Lipinski definition) is 0. The lowest BCUT2D eigenvalue weighted by molar-refractivity contribution is 0.105. The third-order valence-corrected chi connectivity index (χ3v) is 2.75. The standard InChI is InChI=1S/C17H17NO.2C2H6/c1-18(2)13-16(14-9-5-3-6-10-14)17(19)15-11-7-4-8-12-15;2*1-2/h3-13H,1-2H3;2*1-2H3. The number of rotatable bonds is 4. The van der Waals surface area contributed by atoms with Crippen LogP contribution < -0.4 is 0 Å². The fourth-order valence-corrected chi connectivity index (χ4v) is 1.89. The van der Waals surface area contributed by atoms with Gasteiger partial charge in [0.05, 0.1) is 0 Å². The number of hydrogen-bond acceptors (Lipinski definition) is 2. The number of carbonyl (C=O) groups excluding carboxylic acids is 1. The minimum Gasteiger partial charge on any atom is -0.383 e. The van der Waals surface area contributed by atoms with Crippen LogP contribution in [0.15, 0.2) is 66.9 Å². The Morgan fingerprint density at radius 3 is 1.52 bits per heavy atom. The molecule has 0 spiro atoms.